The first-order valence-corrected chi connectivity index (χ1v) is 14.8. The molecule has 0 radical (unpaired) electrons. The Morgan fingerprint density at radius 1 is 0.971 bits per heavy atom. The third-order valence-electron chi connectivity index (χ3n) is 7.96. The SMILES string of the molecule is CC1=C2Cc3cc(ccc3O)C(=O)OC(C)(C)[C@H](Br)CC[C@](C)(O)[C@H](Br)CC[C@]2(C)[C@@H](Br)CC1. The molecule has 0 saturated heterocycles. The Hall–Kier alpha value is -0.370. The fourth-order valence-corrected chi connectivity index (χ4v) is 6.73. The maximum atomic E-state index is 13.1. The van der Waals surface area contributed by atoms with Crippen LogP contribution >= 0.6 is 47.8 Å². The van der Waals surface area contributed by atoms with Crippen LogP contribution in [0.2, 0.25) is 0 Å². The van der Waals surface area contributed by atoms with Crippen LogP contribution in [0.4, 0.5) is 0 Å². The van der Waals surface area contributed by atoms with Crippen molar-refractivity contribution in [2.45, 2.75) is 105 Å². The number of ether oxygens (including phenoxy) is 1. The molecule has 2 N–H and O–H groups in total. The molecule has 0 fully saturated rings. The molecule has 4 nitrogen and oxygen atoms in total. The molecule has 1 aliphatic heterocycles. The average Bonchev–Trinajstić information content (AvgIpc) is 2.76. The quantitative estimate of drug-likeness (QED) is 0.170. The van der Waals surface area contributed by atoms with Crippen LogP contribution < -0.4 is 0 Å². The molecule has 2 bridgehead atoms. The van der Waals surface area contributed by atoms with Crippen LogP contribution in [0.5, 0.6) is 5.75 Å². The molecule has 7 heteroatoms. The van der Waals surface area contributed by atoms with E-state index in [1.54, 1.807) is 18.2 Å². The van der Waals surface area contributed by atoms with Gasteiger partial charge in [-0.05, 0) is 96.4 Å². The molecule has 1 heterocycles. The summed E-state index contributed by atoms with van der Waals surface area (Å²) in [4.78, 5) is 13.2. The van der Waals surface area contributed by atoms with E-state index in [-0.39, 0.29) is 20.8 Å². The monoisotopic (exact) mass is 662 g/mol. The van der Waals surface area contributed by atoms with Gasteiger partial charge in [-0.1, -0.05) is 65.9 Å². The van der Waals surface area contributed by atoms with E-state index >= 15 is 0 Å². The lowest BCUT2D eigenvalue weighted by molar-refractivity contribution is -0.00674. The second-order valence-corrected chi connectivity index (χ2v) is 14.4. The number of phenolic OH excluding ortho intramolecular Hbond substituents is 1. The van der Waals surface area contributed by atoms with Gasteiger partial charge in [-0.2, -0.15) is 0 Å². The number of fused-ring (bicyclic) bond motifs is 3. The van der Waals surface area contributed by atoms with Gasteiger partial charge in [-0.3, -0.25) is 0 Å². The van der Waals surface area contributed by atoms with Crippen molar-refractivity contribution in [3.8, 4) is 5.75 Å². The highest BCUT2D eigenvalue weighted by Crippen LogP contribution is 2.50. The van der Waals surface area contributed by atoms with Gasteiger partial charge in [0.15, 0.2) is 0 Å². The Morgan fingerprint density at radius 2 is 1.62 bits per heavy atom. The highest BCUT2D eigenvalue weighted by Gasteiger charge is 2.42. The van der Waals surface area contributed by atoms with Crippen LogP contribution in [0, 0.1) is 5.41 Å². The predicted octanol–water partition coefficient (Wildman–Crippen LogP) is 7.60. The largest absolute Gasteiger partial charge is 0.508 e. The molecule has 0 amide bonds. The van der Waals surface area contributed by atoms with Crippen LogP contribution in [-0.4, -0.2) is 41.9 Å². The molecule has 1 aliphatic carbocycles. The number of hydrogen-bond donors (Lipinski definition) is 2. The van der Waals surface area contributed by atoms with Crippen molar-refractivity contribution in [2.24, 2.45) is 5.41 Å². The molecule has 0 saturated carbocycles. The van der Waals surface area contributed by atoms with Crippen molar-refractivity contribution in [1.82, 2.24) is 0 Å². The maximum Gasteiger partial charge on any atom is 0.338 e. The van der Waals surface area contributed by atoms with E-state index in [0.29, 0.717) is 29.7 Å². The minimum atomic E-state index is -0.905. The van der Waals surface area contributed by atoms with E-state index in [1.807, 2.05) is 20.8 Å². The molecule has 1 aromatic rings. The van der Waals surface area contributed by atoms with E-state index in [0.717, 1.165) is 31.2 Å². The summed E-state index contributed by atoms with van der Waals surface area (Å²) in [5.74, 6) is -0.223. The third-order valence-corrected chi connectivity index (χ3v) is 12.4. The van der Waals surface area contributed by atoms with Gasteiger partial charge in [0.05, 0.1) is 16.0 Å². The number of esters is 1. The Balaban J connectivity index is 2.08. The third kappa shape index (κ3) is 5.95. The van der Waals surface area contributed by atoms with E-state index in [1.165, 1.54) is 11.1 Å². The fraction of sp³-hybridized carbons (Fsp3) is 0.667. The highest BCUT2D eigenvalue weighted by atomic mass is 79.9. The number of alkyl halides is 3. The Kier molecular flexibility index (Phi) is 8.75. The Bertz CT molecular complexity index is 955. The zero-order valence-corrected chi connectivity index (χ0v) is 25.5. The first-order chi connectivity index (χ1) is 15.7. The molecule has 190 valence electrons. The summed E-state index contributed by atoms with van der Waals surface area (Å²) < 4.78 is 5.91. The van der Waals surface area contributed by atoms with Crippen LogP contribution in [0.1, 0.15) is 89.1 Å². The summed E-state index contributed by atoms with van der Waals surface area (Å²) in [6.07, 6.45) is 5.56. The summed E-state index contributed by atoms with van der Waals surface area (Å²) in [5, 5.41) is 22.0. The van der Waals surface area contributed by atoms with Crippen molar-refractivity contribution >= 4 is 53.8 Å². The van der Waals surface area contributed by atoms with Crippen molar-refractivity contribution in [1.29, 1.82) is 0 Å². The molecule has 0 spiro atoms. The van der Waals surface area contributed by atoms with Crippen molar-refractivity contribution in [3.05, 3.63) is 40.5 Å². The van der Waals surface area contributed by atoms with Gasteiger partial charge in [0, 0.05) is 15.1 Å². The molecular formula is C27H37Br3O4. The van der Waals surface area contributed by atoms with Gasteiger partial charge in [-0.25, -0.2) is 4.79 Å². The lowest BCUT2D eigenvalue weighted by atomic mass is 9.66. The minimum absolute atomic E-state index is 0.0741. The number of carbonyl (C=O) groups excluding carboxylic acids is 1. The number of phenols is 1. The van der Waals surface area contributed by atoms with Gasteiger partial charge in [0.2, 0.25) is 0 Å². The molecule has 2 aliphatic rings. The van der Waals surface area contributed by atoms with Crippen LogP contribution in [0.3, 0.4) is 0 Å². The van der Waals surface area contributed by atoms with Gasteiger partial charge in [0.1, 0.15) is 11.4 Å². The first kappa shape index (κ1) is 28.2. The molecule has 1 aromatic carbocycles. The van der Waals surface area contributed by atoms with E-state index in [2.05, 4.69) is 61.6 Å². The molecule has 0 unspecified atom stereocenters. The molecule has 0 aromatic heterocycles. The van der Waals surface area contributed by atoms with Crippen molar-refractivity contribution in [3.63, 3.8) is 0 Å². The topological polar surface area (TPSA) is 66.8 Å². The smallest absolute Gasteiger partial charge is 0.338 e. The normalized spacial score (nSPS) is 35.4. The van der Waals surface area contributed by atoms with Crippen LogP contribution in [0.25, 0.3) is 0 Å². The minimum Gasteiger partial charge on any atom is -0.508 e. The number of cyclic esters (lactones) is 1. The van der Waals surface area contributed by atoms with Gasteiger partial charge in [0.25, 0.3) is 0 Å². The van der Waals surface area contributed by atoms with Gasteiger partial charge in [-0.15, -0.1) is 0 Å². The van der Waals surface area contributed by atoms with Crippen molar-refractivity contribution in [2.75, 3.05) is 0 Å². The molecule has 34 heavy (non-hydrogen) atoms. The number of halogens is 3. The fourth-order valence-electron chi connectivity index (χ4n) is 5.22. The molecule has 5 atom stereocenters. The predicted molar refractivity (Wildman–Crippen MR) is 149 cm³/mol. The number of aromatic hydroxyl groups is 1. The van der Waals surface area contributed by atoms with Crippen LogP contribution in [0.15, 0.2) is 29.3 Å². The molecular weight excluding hydrogens is 628 g/mol. The number of allylic oxidation sites excluding steroid dienone is 2. The number of carbonyl (C=O) groups is 1. The van der Waals surface area contributed by atoms with Crippen molar-refractivity contribution < 1.29 is 19.7 Å². The van der Waals surface area contributed by atoms with Crippen LogP contribution in [-0.2, 0) is 11.2 Å². The second kappa shape index (κ2) is 10.5. The average molecular weight is 665 g/mol. The van der Waals surface area contributed by atoms with Gasteiger partial charge >= 0.3 is 5.97 Å². The Labute approximate surface area is 229 Å². The number of hydrogen-bond acceptors (Lipinski definition) is 4. The summed E-state index contributed by atoms with van der Waals surface area (Å²) in [7, 11) is 0. The number of aliphatic hydroxyl groups is 1. The number of rotatable bonds is 0. The second-order valence-electron chi connectivity index (χ2n) is 11.1. The zero-order valence-electron chi connectivity index (χ0n) is 20.8. The van der Waals surface area contributed by atoms with E-state index in [4.69, 9.17) is 4.74 Å². The highest BCUT2D eigenvalue weighted by molar-refractivity contribution is 9.10. The standard InChI is InChI=1S/C27H37Br3O4/c1-16-6-9-22(29)26(4)12-10-23(30)27(5,33)13-11-21(28)25(2,3)34-24(32)17-7-8-20(31)18(14-17)15-19(16)26/h7-8,14,21-23,31,33H,6,9-13,15H2,1-5H3/t21-,22+,23-,26+,27+/m1/s1. The van der Waals surface area contributed by atoms with E-state index < -0.39 is 17.2 Å². The maximum absolute atomic E-state index is 13.1. The Morgan fingerprint density at radius 3 is 2.29 bits per heavy atom. The van der Waals surface area contributed by atoms with Gasteiger partial charge < -0.3 is 14.9 Å². The summed E-state index contributed by atoms with van der Waals surface area (Å²) >= 11 is 11.5. The summed E-state index contributed by atoms with van der Waals surface area (Å²) in [6, 6.07) is 5.00. The lowest BCUT2D eigenvalue weighted by Gasteiger charge is -2.44. The molecule has 3 rings (SSSR count). The van der Waals surface area contributed by atoms with E-state index in [9.17, 15) is 15.0 Å². The number of benzene rings is 1. The summed E-state index contributed by atoms with van der Waals surface area (Å²) in [6.45, 7) is 10.1. The summed E-state index contributed by atoms with van der Waals surface area (Å²) in [5.41, 5.74) is 2.00. The zero-order chi connectivity index (χ0) is 25.5. The lowest BCUT2D eigenvalue weighted by Crippen LogP contribution is -2.42. The first-order valence-electron chi connectivity index (χ1n) is 12.1.